The highest BCUT2D eigenvalue weighted by Crippen LogP contribution is 2.22. The third kappa shape index (κ3) is 5.02. The van der Waals surface area contributed by atoms with E-state index in [1.165, 1.54) is 24.3 Å². The van der Waals surface area contributed by atoms with E-state index in [4.69, 9.17) is 0 Å². The third-order valence-corrected chi connectivity index (χ3v) is 5.87. The Morgan fingerprint density at radius 1 is 1.00 bits per heavy atom. The average Bonchev–Trinajstić information content (AvgIpc) is 3.03. The van der Waals surface area contributed by atoms with Crippen molar-refractivity contribution in [2.45, 2.75) is 39.3 Å². The highest BCUT2D eigenvalue weighted by Gasteiger charge is 2.36. The van der Waals surface area contributed by atoms with Gasteiger partial charge in [0.25, 0.3) is 5.91 Å². The second kappa shape index (κ2) is 9.56. The van der Waals surface area contributed by atoms with E-state index in [1.54, 1.807) is 6.07 Å². The highest BCUT2D eigenvalue weighted by atomic mass is 19.1. The van der Waals surface area contributed by atoms with Crippen LogP contribution in [0.25, 0.3) is 11.3 Å². The van der Waals surface area contributed by atoms with Crippen molar-refractivity contribution in [1.29, 1.82) is 0 Å². The molecule has 0 radical (unpaired) electrons. The van der Waals surface area contributed by atoms with E-state index in [0.717, 1.165) is 42.0 Å². The van der Waals surface area contributed by atoms with E-state index in [9.17, 15) is 18.8 Å². The van der Waals surface area contributed by atoms with E-state index in [0.29, 0.717) is 17.9 Å². The van der Waals surface area contributed by atoms with Crippen LogP contribution in [0.3, 0.4) is 0 Å². The second-order valence-corrected chi connectivity index (χ2v) is 8.48. The molecule has 3 amide bonds. The van der Waals surface area contributed by atoms with Crippen LogP contribution in [-0.4, -0.2) is 63.6 Å². The van der Waals surface area contributed by atoms with Gasteiger partial charge in [-0.05, 0) is 50.6 Å². The Kier molecular flexibility index (Phi) is 6.60. The monoisotopic (exact) mass is 438 g/mol. The van der Waals surface area contributed by atoms with Crippen molar-refractivity contribution in [3.05, 3.63) is 53.5 Å². The zero-order chi connectivity index (χ0) is 22.7. The maximum Gasteiger partial charge on any atom is 0.327 e. The van der Waals surface area contributed by atoms with Gasteiger partial charge in [0.15, 0.2) is 0 Å². The van der Waals surface area contributed by atoms with Crippen molar-refractivity contribution in [3.63, 3.8) is 0 Å². The van der Waals surface area contributed by atoms with Gasteiger partial charge in [-0.3, -0.25) is 19.4 Å². The van der Waals surface area contributed by atoms with E-state index >= 15 is 0 Å². The third-order valence-electron chi connectivity index (χ3n) is 5.87. The molecule has 0 saturated carbocycles. The van der Waals surface area contributed by atoms with Gasteiger partial charge < -0.3 is 4.90 Å². The first-order valence-electron chi connectivity index (χ1n) is 11.0. The smallest absolute Gasteiger partial charge is 0.311 e. The van der Waals surface area contributed by atoms with Crippen molar-refractivity contribution in [2.24, 2.45) is 0 Å². The number of nitrogens with zero attached hydrogens (tertiary/aromatic N) is 4. The number of hydrogen-bond donors (Lipinski definition) is 0. The molecule has 4 rings (SSSR count). The number of aromatic nitrogens is 1. The van der Waals surface area contributed by atoms with Crippen molar-refractivity contribution in [2.75, 3.05) is 26.2 Å². The van der Waals surface area contributed by atoms with Gasteiger partial charge in [-0.1, -0.05) is 30.7 Å². The number of imide groups is 1. The Labute approximate surface area is 186 Å². The molecule has 0 unspecified atom stereocenters. The lowest BCUT2D eigenvalue weighted by atomic mass is 10.1. The standard InChI is InChI=1S/C24H27FN4O3/c1-17(30)13-29-23(31)16-28(24(29)32)14-18-5-7-19(8-6-18)21-10-9-20(25)22(26-21)15-27-11-3-2-4-12-27/h5-10H,2-4,11-16H2,1H3. The first-order chi connectivity index (χ1) is 15.4. The van der Waals surface area contributed by atoms with Crippen LogP contribution in [-0.2, 0) is 22.7 Å². The van der Waals surface area contributed by atoms with Gasteiger partial charge in [0, 0.05) is 18.7 Å². The number of Topliss-reactive ketones (excluding diaryl/α,β-unsaturated/α-hetero) is 1. The molecule has 2 aliphatic rings. The molecule has 8 heteroatoms. The predicted octanol–water partition coefficient (Wildman–Crippen LogP) is 3.23. The number of urea groups is 1. The Balaban J connectivity index is 1.43. The molecule has 32 heavy (non-hydrogen) atoms. The molecule has 0 atom stereocenters. The Morgan fingerprint density at radius 2 is 1.72 bits per heavy atom. The summed E-state index contributed by atoms with van der Waals surface area (Å²) in [6, 6.07) is 10.2. The summed E-state index contributed by atoms with van der Waals surface area (Å²) in [4.78, 5) is 44.9. The van der Waals surface area contributed by atoms with Gasteiger partial charge in [-0.15, -0.1) is 0 Å². The summed E-state index contributed by atoms with van der Waals surface area (Å²) in [5.41, 5.74) is 2.87. The van der Waals surface area contributed by atoms with Gasteiger partial charge in [-0.2, -0.15) is 0 Å². The van der Waals surface area contributed by atoms with Crippen molar-refractivity contribution in [3.8, 4) is 11.3 Å². The average molecular weight is 439 g/mol. The fourth-order valence-corrected chi connectivity index (χ4v) is 4.18. The minimum absolute atomic E-state index is 0.0345. The first-order valence-corrected chi connectivity index (χ1v) is 11.0. The molecule has 2 saturated heterocycles. The number of ketones is 1. The fraction of sp³-hybridized carbons (Fsp3) is 0.417. The summed E-state index contributed by atoms with van der Waals surface area (Å²) in [6.45, 7) is 3.86. The molecule has 0 N–H and O–H groups in total. The zero-order valence-corrected chi connectivity index (χ0v) is 18.2. The number of likely N-dealkylation sites (tertiary alicyclic amines) is 1. The largest absolute Gasteiger partial charge is 0.327 e. The Morgan fingerprint density at radius 3 is 2.41 bits per heavy atom. The number of amides is 3. The highest BCUT2D eigenvalue weighted by molar-refractivity contribution is 6.04. The van der Waals surface area contributed by atoms with Crippen LogP contribution in [0.4, 0.5) is 9.18 Å². The predicted molar refractivity (Wildman–Crippen MR) is 117 cm³/mol. The molecule has 0 aliphatic carbocycles. The summed E-state index contributed by atoms with van der Waals surface area (Å²) in [7, 11) is 0. The lowest BCUT2D eigenvalue weighted by Gasteiger charge is -2.26. The number of halogens is 1. The number of piperidine rings is 1. The SMILES string of the molecule is CC(=O)CN1C(=O)CN(Cc2ccc(-c3ccc(F)c(CN4CCCCC4)n3)cc2)C1=O. The van der Waals surface area contributed by atoms with E-state index in [2.05, 4.69) is 9.88 Å². The second-order valence-electron chi connectivity index (χ2n) is 8.48. The summed E-state index contributed by atoms with van der Waals surface area (Å²) in [5.74, 6) is -0.883. The molecule has 2 fully saturated rings. The molecule has 1 aromatic heterocycles. The summed E-state index contributed by atoms with van der Waals surface area (Å²) in [5, 5.41) is 0. The Bertz CT molecular complexity index is 1020. The molecular formula is C24H27FN4O3. The molecular weight excluding hydrogens is 411 g/mol. The molecule has 2 aromatic rings. The number of rotatable bonds is 7. The minimum atomic E-state index is -0.447. The lowest BCUT2D eigenvalue weighted by Crippen LogP contribution is -2.36. The van der Waals surface area contributed by atoms with Gasteiger partial charge in [0.05, 0.1) is 17.9 Å². The lowest BCUT2D eigenvalue weighted by molar-refractivity contribution is -0.129. The molecule has 2 aliphatic heterocycles. The quantitative estimate of drug-likeness (QED) is 0.621. The maximum atomic E-state index is 14.3. The van der Waals surface area contributed by atoms with Crippen LogP contribution in [0.5, 0.6) is 0 Å². The van der Waals surface area contributed by atoms with Gasteiger partial charge in [-0.25, -0.2) is 14.2 Å². The van der Waals surface area contributed by atoms with Crippen LogP contribution in [0.2, 0.25) is 0 Å². The molecule has 0 spiro atoms. The van der Waals surface area contributed by atoms with Crippen LogP contribution >= 0.6 is 0 Å². The van der Waals surface area contributed by atoms with Crippen molar-refractivity contribution >= 4 is 17.7 Å². The number of carbonyl (C=O) groups excluding carboxylic acids is 3. The van der Waals surface area contributed by atoms with E-state index in [1.807, 2.05) is 24.3 Å². The van der Waals surface area contributed by atoms with E-state index in [-0.39, 0.29) is 37.1 Å². The molecule has 3 heterocycles. The van der Waals surface area contributed by atoms with Crippen LogP contribution in [0, 0.1) is 5.82 Å². The van der Waals surface area contributed by atoms with Crippen LogP contribution < -0.4 is 0 Å². The number of carbonyl (C=O) groups is 3. The fourth-order valence-electron chi connectivity index (χ4n) is 4.18. The molecule has 0 bridgehead atoms. The van der Waals surface area contributed by atoms with Crippen molar-refractivity contribution in [1.82, 2.24) is 19.7 Å². The number of benzene rings is 1. The van der Waals surface area contributed by atoms with Gasteiger partial charge in [0.1, 0.15) is 18.1 Å². The van der Waals surface area contributed by atoms with Crippen molar-refractivity contribution < 1.29 is 18.8 Å². The summed E-state index contributed by atoms with van der Waals surface area (Å²) >= 11 is 0. The molecule has 1 aromatic carbocycles. The molecule has 168 valence electrons. The van der Waals surface area contributed by atoms with Gasteiger partial charge >= 0.3 is 6.03 Å². The summed E-state index contributed by atoms with van der Waals surface area (Å²) in [6.07, 6.45) is 3.51. The normalized spacial score (nSPS) is 17.3. The number of pyridine rings is 1. The molecule has 7 nitrogen and oxygen atoms in total. The van der Waals surface area contributed by atoms with E-state index < -0.39 is 6.03 Å². The maximum absolute atomic E-state index is 14.3. The van der Waals surface area contributed by atoms with Crippen LogP contribution in [0.15, 0.2) is 36.4 Å². The first kappa shape index (κ1) is 22.1. The Hall–Kier alpha value is -3.13. The minimum Gasteiger partial charge on any atom is -0.311 e. The van der Waals surface area contributed by atoms with Gasteiger partial charge in [0.2, 0.25) is 0 Å². The zero-order valence-electron chi connectivity index (χ0n) is 18.2. The topological polar surface area (TPSA) is 73.8 Å². The summed E-state index contributed by atoms with van der Waals surface area (Å²) < 4.78 is 14.3. The van der Waals surface area contributed by atoms with Crippen LogP contribution in [0.1, 0.15) is 37.4 Å². The number of hydrogen-bond acceptors (Lipinski definition) is 5.